The van der Waals surface area contributed by atoms with E-state index in [1.807, 2.05) is 61.5 Å². The predicted molar refractivity (Wildman–Crippen MR) is 202 cm³/mol. The third kappa shape index (κ3) is 8.66. The lowest BCUT2D eigenvalue weighted by Crippen LogP contribution is -2.58. The average Bonchev–Trinajstić information content (AvgIpc) is 3.78. The van der Waals surface area contributed by atoms with Crippen molar-refractivity contribution >= 4 is 52.7 Å². The highest BCUT2D eigenvalue weighted by molar-refractivity contribution is 5.95. The fourth-order valence-electron chi connectivity index (χ4n) is 5.87. The molecular formula is C42H36N4O8. The summed E-state index contributed by atoms with van der Waals surface area (Å²) >= 11 is 0. The molecule has 12 nitrogen and oxygen atoms in total. The van der Waals surface area contributed by atoms with Crippen LogP contribution in [-0.2, 0) is 32.0 Å². The number of hydrogen-bond donors (Lipinski definition) is 2. The van der Waals surface area contributed by atoms with Crippen molar-refractivity contribution in [3.8, 4) is 12.0 Å². The van der Waals surface area contributed by atoms with E-state index >= 15 is 0 Å². The van der Waals surface area contributed by atoms with Gasteiger partial charge in [-0.05, 0) is 73.4 Å². The van der Waals surface area contributed by atoms with Crippen molar-refractivity contribution in [2.75, 3.05) is 6.79 Å². The van der Waals surface area contributed by atoms with Crippen LogP contribution >= 0.6 is 0 Å². The molecule has 6 aromatic rings. The largest absolute Gasteiger partial charge is 0.457 e. The van der Waals surface area contributed by atoms with Crippen LogP contribution in [0.1, 0.15) is 52.7 Å². The summed E-state index contributed by atoms with van der Waals surface area (Å²) in [5, 5.41) is 7.27. The van der Waals surface area contributed by atoms with E-state index in [0.29, 0.717) is 33.4 Å². The molecule has 12 heteroatoms. The molecule has 6 rings (SSSR count). The average molecular weight is 725 g/mol. The number of carbonyl (C=O) groups is 4. The maximum Gasteiger partial charge on any atom is 0.421 e. The van der Waals surface area contributed by atoms with E-state index < -0.39 is 42.4 Å². The van der Waals surface area contributed by atoms with E-state index in [4.69, 9.17) is 18.6 Å². The number of amides is 2. The molecule has 0 spiro atoms. The molecule has 0 saturated carbocycles. The zero-order valence-electron chi connectivity index (χ0n) is 29.5. The highest BCUT2D eigenvalue weighted by Gasteiger charge is 2.38. The standard InChI is InChI=1S/C42H36N4O8/c1-28(30-11-5-4-6-12-30)44-39(48)42(2,45-40(49)51-26-34-23-32-13-7-10-16-37(32)54-34)24-33-25-46(36-15-9-8-14-35(33)36)41(50)53-27-52-38(47)31-19-17-29(18-20-31)21-22-43-3/h4-20,23,25,28H,3,24,26-27H2,1-2H3,(H,44,48)(H,45,49). The lowest BCUT2D eigenvalue weighted by Gasteiger charge is -2.30. The number of carbonyl (C=O) groups excluding carboxylic acids is 4. The number of nitrogens with one attached hydrogen (secondary N) is 2. The first kappa shape index (κ1) is 36.7. The number of fused-ring (bicyclic) bond motifs is 2. The summed E-state index contributed by atoms with van der Waals surface area (Å²) in [6.07, 6.45) is -0.184. The van der Waals surface area contributed by atoms with Crippen LogP contribution in [0.25, 0.3) is 21.9 Å². The maximum absolute atomic E-state index is 14.1. The van der Waals surface area contributed by atoms with Gasteiger partial charge in [-0.1, -0.05) is 66.7 Å². The van der Waals surface area contributed by atoms with Crippen molar-refractivity contribution in [3.63, 3.8) is 0 Å². The van der Waals surface area contributed by atoms with Crippen molar-refractivity contribution < 1.29 is 37.8 Å². The van der Waals surface area contributed by atoms with Crippen LogP contribution in [0.4, 0.5) is 9.59 Å². The Balaban J connectivity index is 1.18. The monoisotopic (exact) mass is 724 g/mol. The summed E-state index contributed by atoms with van der Waals surface area (Å²) in [6, 6.07) is 34.0. The van der Waals surface area contributed by atoms with Gasteiger partial charge in [0.25, 0.3) is 0 Å². The molecule has 272 valence electrons. The number of ether oxygens (including phenoxy) is 3. The van der Waals surface area contributed by atoms with Crippen LogP contribution in [-0.4, -0.2) is 47.7 Å². The molecular weight excluding hydrogens is 688 g/mol. The summed E-state index contributed by atoms with van der Waals surface area (Å²) in [7, 11) is 0. The van der Waals surface area contributed by atoms with Crippen LogP contribution in [0.15, 0.2) is 125 Å². The van der Waals surface area contributed by atoms with Gasteiger partial charge in [0, 0.05) is 41.7 Å². The Morgan fingerprint density at radius 1 is 0.907 bits per heavy atom. The van der Waals surface area contributed by atoms with Gasteiger partial charge in [0.2, 0.25) is 12.7 Å². The molecule has 0 saturated heterocycles. The van der Waals surface area contributed by atoms with E-state index in [2.05, 4.69) is 34.3 Å². The third-order valence-electron chi connectivity index (χ3n) is 8.66. The van der Waals surface area contributed by atoms with Gasteiger partial charge in [-0.25, -0.2) is 19.4 Å². The Labute approximate surface area is 310 Å². The topological polar surface area (TPSA) is 150 Å². The normalized spacial score (nSPS) is 12.4. The Bertz CT molecular complexity index is 2350. The maximum atomic E-state index is 14.1. The van der Waals surface area contributed by atoms with Gasteiger partial charge in [0.15, 0.2) is 6.61 Å². The van der Waals surface area contributed by atoms with Gasteiger partial charge in [-0.2, -0.15) is 0 Å². The van der Waals surface area contributed by atoms with Crippen LogP contribution in [0.5, 0.6) is 0 Å². The lowest BCUT2D eigenvalue weighted by atomic mass is 9.91. The summed E-state index contributed by atoms with van der Waals surface area (Å²) in [5.74, 6) is 2.01. The number of benzene rings is 4. The first-order valence-corrected chi connectivity index (χ1v) is 16.9. The number of hydrogen-bond acceptors (Lipinski definition) is 9. The van der Waals surface area contributed by atoms with Gasteiger partial charge in [-0.3, -0.25) is 9.36 Å². The minimum atomic E-state index is -1.56. The molecule has 2 atom stereocenters. The molecule has 2 heterocycles. The number of aliphatic imine (C=N–C) groups is 1. The van der Waals surface area contributed by atoms with E-state index in [1.54, 1.807) is 49.4 Å². The quantitative estimate of drug-likeness (QED) is 0.0612. The Hall–Kier alpha value is -7.13. The Morgan fingerprint density at radius 2 is 1.63 bits per heavy atom. The molecule has 0 fully saturated rings. The molecule has 0 aliphatic rings. The number of rotatable bonds is 11. The molecule has 0 radical (unpaired) electrons. The van der Waals surface area contributed by atoms with Crippen LogP contribution in [0, 0.1) is 12.0 Å². The molecule has 54 heavy (non-hydrogen) atoms. The molecule has 2 aromatic heterocycles. The lowest BCUT2D eigenvalue weighted by molar-refractivity contribution is -0.127. The van der Waals surface area contributed by atoms with Crippen molar-refractivity contribution in [1.29, 1.82) is 0 Å². The van der Waals surface area contributed by atoms with E-state index in [1.165, 1.54) is 22.9 Å². The molecule has 0 aliphatic heterocycles. The van der Waals surface area contributed by atoms with Crippen molar-refractivity contribution in [3.05, 3.63) is 143 Å². The van der Waals surface area contributed by atoms with Gasteiger partial charge in [-0.15, -0.1) is 0 Å². The van der Waals surface area contributed by atoms with E-state index in [0.717, 1.165) is 10.9 Å². The van der Waals surface area contributed by atoms with Crippen molar-refractivity contribution in [1.82, 2.24) is 15.2 Å². The summed E-state index contributed by atoms with van der Waals surface area (Å²) < 4.78 is 23.1. The highest BCUT2D eigenvalue weighted by Crippen LogP contribution is 2.27. The van der Waals surface area contributed by atoms with Gasteiger partial charge < -0.3 is 29.3 Å². The minimum Gasteiger partial charge on any atom is -0.457 e. The summed E-state index contributed by atoms with van der Waals surface area (Å²) in [6.45, 7) is 5.91. The second-order valence-corrected chi connectivity index (χ2v) is 12.5. The SMILES string of the molecule is C=NC#Cc1ccc(C(=O)OCOC(=O)n2cc(CC(C)(NC(=O)OCc3cc4ccccc4o3)C(=O)NC(C)c3ccccc3)c3ccccc32)cc1. The van der Waals surface area contributed by atoms with Crippen LogP contribution in [0.3, 0.4) is 0 Å². The molecule has 4 aromatic carbocycles. The van der Waals surface area contributed by atoms with E-state index in [-0.39, 0.29) is 18.6 Å². The number of para-hydroxylation sites is 2. The first-order valence-electron chi connectivity index (χ1n) is 16.9. The Morgan fingerprint density at radius 3 is 2.39 bits per heavy atom. The number of alkyl carbamates (subject to hydrolysis) is 1. The molecule has 2 amide bonds. The number of esters is 1. The minimum absolute atomic E-state index is 0.0426. The van der Waals surface area contributed by atoms with Gasteiger partial charge >= 0.3 is 18.2 Å². The predicted octanol–water partition coefficient (Wildman–Crippen LogP) is 7.30. The Kier molecular flexibility index (Phi) is 11.2. The number of nitrogens with zero attached hydrogens (tertiary/aromatic N) is 2. The summed E-state index contributed by atoms with van der Waals surface area (Å²) in [4.78, 5) is 56.8. The van der Waals surface area contributed by atoms with Gasteiger partial charge in [0.05, 0.1) is 17.1 Å². The fourth-order valence-corrected chi connectivity index (χ4v) is 5.87. The molecule has 0 aliphatic carbocycles. The second-order valence-electron chi connectivity index (χ2n) is 12.5. The zero-order valence-corrected chi connectivity index (χ0v) is 29.5. The van der Waals surface area contributed by atoms with Gasteiger partial charge in [0.1, 0.15) is 16.9 Å². The van der Waals surface area contributed by atoms with E-state index in [9.17, 15) is 19.2 Å². The molecule has 2 unspecified atom stereocenters. The van der Waals surface area contributed by atoms with Crippen molar-refractivity contribution in [2.24, 2.45) is 4.99 Å². The van der Waals surface area contributed by atoms with Crippen LogP contribution < -0.4 is 10.6 Å². The molecule has 0 bridgehead atoms. The summed E-state index contributed by atoms with van der Waals surface area (Å²) in [5.41, 5.74) is 1.86. The fraction of sp³-hybridized carbons (Fsp3) is 0.167. The smallest absolute Gasteiger partial charge is 0.421 e. The highest BCUT2D eigenvalue weighted by atomic mass is 16.7. The number of aromatic nitrogens is 1. The second kappa shape index (κ2) is 16.5. The van der Waals surface area contributed by atoms with Crippen LogP contribution in [0.2, 0.25) is 0 Å². The molecule has 2 N–H and O–H groups in total. The number of furan rings is 1. The van der Waals surface area contributed by atoms with Crippen molar-refractivity contribution in [2.45, 2.75) is 38.5 Å². The first-order chi connectivity index (χ1) is 26.1. The third-order valence-corrected chi connectivity index (χ3v) is 8.66. The zero-order chi connectivity index (χ0) is 38.1.